The Morgan fingerprint density at radius 2 is 1.83 bits per heavy atom. The average molecular weight is 245 g/mol. The third kappa shape index (κ3) is 2.66. The summed E-state index contributed by atoms with van der Waals surface area (Å²) in [5.74, 6) is -1.24. The van der Waals surface area contributed by atoms with Crippen molar-refractivity contribution in [1.29, 1.82) is 0 Å². The molecule has 0 aliphatic heterocycles. The van der Waals surface area contributed by atoms with Crippen molar-refractivity contribution in [3.05, 3.63) is 59.4 Å². The number of nitrogens with one attached hydrogen (secondary N) is 1. The number of hydrogen-bond acceptors (Lipinski definition) is 2. The number of carboxylic acid groups (broad SMARTS) is 1. The lowest BCUT2D eigenvalue weighted by Crippen LogP contribution is -1.97. The Labute approximate surface area is 104 Å². The number of carbonyl (C=O) groups is 1. The first-order valence-electron chi connectivity index (χ1n) is 5.43. The summed E-state index contributed by atoms with van der Waals surface area (Å²) < 4.78 is 12.9. The number of aromatic carboxylic acids is 1. The Balaban J connectivity index is 2.21. The largest absolute Gasteiger partial charge is 0.478 e. The number of aryl methyl sites for hydroxylation is 1. The molecule has 0 atom stereocenters. The zero-order chi connectivity index (χ0) is 13.1. The van der Waals surface area contributed by atoms with E-state index in [0.29, 0.717) is 0 Å². The van der Waals surface area contributed by atoms with Crippen molar-refractivity contribution in [1.82, 2.24) is 0 Å². The van der Waals surface area contributed by atoms with Gasteiger partial charge in [0.05, 0.1) is 5.56 Å². The van der Waals surface area contributed by atoms with E-state index in [0.717, 1.165) is 16.9 Å². The van der Waals surface area contributed by atoms with Gasteiger partial charge in [-0.25, -0.2) is 9.18 Å². The van der Waals surface area contributed by atoms with Crippen molar-refractivity contribution in [2.45, 2.75) is 6.92 Å². The van der Waals surface area contributed by atoms with Gasteiger partial charge in [-0.05, 0) is 55.0 Å². The van der Waals surface area contributed by atoms with Crippen LogP contribution >= 0.6 is 0 Å². The molecule has 0 heterocycles. The van der Waals surface area contributed by atoms with Crippen LogP contribution in [0.1, 0.15) is 15.9 Å². The standard InChI is InChI=1S/C14H12FNO2/c1-9-8-11(15)4-7-13(9)16-12-5-2-10(3-6-12)14(17)18/h2-8,16H,1H3,(H,17,18). The molecule has 3 nitrogen and oxygen atoms in total. The van der Waals surface area contributed by atoms with Gasteiger partial charge in [0.2, 0.25) is 0 Å². The molecule has 0 spiro atoms. The van der Waals surface area contributed by atoms with Gasteiger partial charge in [0.1, 0.15) is 5.82 Å². The van der Waals surface area contributed by atoms with E-state index >= 15 is 0 Å². The van der Waals surface area contributed by atoms with E-state index in [2.05, 4.69) is 5.32 Å². The molecular formula is C14H12FNO2. The van der Waals surface area contributed by atoms with E-state index in [1.54, 1.807) is 25.1 Å². The topological polar surface area (TPSA) is 49.3 Å². The highest BCUT2D eigenvalue weighted by atomic mass is 19.1. The maximum absolute atomic E-state index is 12.9. The summed E-state index contributed by atoms with van der Waals surface area (Å²) in [6.07, 6.45) is 0. The molecule has 92 valence electrons. The molecule has 4 heteroatoms. The second-order valence-corrected chi connectivity index (χ2v) is 3.97. The Bertz CT molecular complexity index is 579. The first-order valence-corrected chi connectivity index (χ1v) is 5.43. The van der Waals surface area contributed by atoms with Crippen LogP contribution in [0.2, 0.25) is 0 Å². The third-order valence-corrected chi connectivity index (χ3v) is 2.60. The Morgan fingerprint density at radius 1 is 1.17 bits per heavy atom. The van der Waals surface area contributed by atoms with Crippen LogP contribution < -0.4 is 5.32 Å². The third-order valence-electron chi connectivity index (χ3n) is 2.60. The maximum atomic E-state index is 12.9. The summed E-state index contributed by atoms with van der Waals surface area (Å²) in [7, 11) is 0. The van der Waals surface area contributed by atoms with Gasteiger partial charge in [0, 0.05) is 11.4 Å². The lowest BCUT2D eigenvalue weighted by atomic mass is 10.1. The van der Waals surface area contributed by atoms with E-state index in [-0.39, 0.29) is 11.4 Å². The van der Waals surface area contributed by atoms with Crippen LogP contribution in [0.4, 0.5) is 15.8 Å². The number of anilines is 2. The molecule has 0 saturated heterocycles. The minimum atomic E-state index is -0.959. The predicted octanol–water partition coefficient (Wildman–Crippen LogP) is 3.58. The lowest BCUT2D eigenvalue weighted by Gasteiger charge is -2.09. The van der Waals surface area contributed by atoms with Gasteiger partial charge in [-0.1, -0.05) is 0 Å². The zero-order valence-corrected chi connectivity index (χ0v) is 9.77. The average Bonchev–Trinajstić information content (AvgIpc) is 2.33. The van der Waals surface area contributed by atoms with Crippen LogP contribution in [-0.4, -0.2) is 11.1 Å². The Kier molecular flexibility index (Phi) is 3.28. The molecule has 2 rings (SSSR count). The van der Waals surface area contributed by atoms with Crippen LogP contribution in [0.15, 0.2) is 42.5 Å². The van der Waals surface area contributed by atoms with Crippen molar-refractivity contribution in [3.8, 4) is 0 Å². The second-order valence-electron chi connectivity index (χ2n) is 3.97. The van der Waals surface area contributed by atoms with Gasteiger partial charge < -0.3 is 10.4 Å². The summed E-state index contributed by atoms with van der Waals surface area (Å²) in [4.78, 5) is 10.7. The highest BCUT2D eigenvalue weighted by Crippen LogP contribution is 2.21. The monoisotopic (exact) mass is 245 g/mol. The van der Waals surface area contributed by atoms with Crippen molar-refractivity contribution >= 4 is 17.3 Å². The predicted molar refractivity (Wildman–Crippen MR) is 67.8 cm³/mol. The van der Waals surface area contributed by atoms with Gasteiger partial charge in [-0.15, -0.1) is 0 Å². The number of hydrogen-bond donors (Lipinski definition) is 2. The molecular weight excluding hydrogens is 233 g/mol. The van der Waals surface area contributed by atoms with Gasteiger partial charge in [-0.2, -0.15) is 0 Å². The van der Waals surface area contributed by atoms with Crippen LogP contribution in [0.25, 0.3) is 0 Å². The number of carboxylic acids is 1. The fourth-order valence-corrected chi connectivity index (χ4v) is 1.62. The molecule has 0 aliphatic carbocycles. The van der Waals surface area contributed by atoms with Gasteiger partial charge in [0.15, 0.2) is 0 Å². The van der Waals surface area contributed by atoms with Gasteiger partial charge >= 0.3 is 5.97 Å². The van der Waals surface area contributed by atoms with Crippen molar-refractivity contribution in [2.75, 3.05) is 5.32 Å². The van der Waals surface area contributed by atoms with Crippen molar-refractivity contribution < 1.29 is 14.3 Å². The van der Waals surface area contributed by atoms with Crippen LogP contribution in [-0.2, 0) is 0 Å². The van der Waals surface area contributed by atoms with E-state index in [4.69, 9.17) is 5.11 Å². The zero-order valence-electron chi connectivity index (χ0n) is 9.77. The molecule has 0 saturated carbocycles. The van der Waals surface area contributed by atoms with Crippen molar-refractivity contribution in [2.24, 2.45) is 0 Å². The molecule has 0 amide bonds. The number of rotatable bonds is 3. The summed E-state index contributed by atoms with van der Waals surface area (Å²) in [6, 6.07) is 10.8. The van der Waals surface area contributed by atoms with E-state index in [1.807, 2.05) is 0 Å². The van der Waals surface area contributed by atoms with Crippen LogP contribution in [0, 0.1) is 12.7 Å². The summed E-state index contributed by atoms with van der Waals surface area (Å²) >= 11 is 0. The molecule has 0 aromatic heterocycles. The highest BCUT2D eigenvalue weighted by Gasteiger charge is 2.03. The fraction of sp³-hybridized carbons (Fsp3) is 0.0714. The molecule has 0 aliphatic rings. The van der Waals surface area contributed by atoms with Gasteiger partial charge in [0.25, 0.3) is 0 Å². The molecule has 0 radical (unpaired) electrons. The van der Waals surface area contributed by atoms with E-state index in [1.165, 1.54) is 24.3 Å². The minimum Gasteiger partial charge on any atom is -0.478 e. The quantitative estimate of drug-likeness (QED) is 0.869. The van der Waals surface area contributed by atoms with Gasteiger partial charge in [-0.3, -0.25) is 0 Å². The minimum absolute atomic E-state index is 0.233. The SMILES string of the molecule is Cc1cc(F)ccc1Nc1ccc(C(=O)O)cc1. The van der Waals surface area contributed by atoms with Crippen LogP contribution in [0.5, 0.6) is 0 Å². The smallest absolute Gasteiger partial charge is 0.335 e. The number of halogens is 1. The number of benzene rings is 2. The highest BCUT2D eigenvalue weighted by molar-refractivity contribution is 5.88. The first-order chi connectivity index (χ1) is 8.56. The molecule has 2 aromatic carbocycles. The Hall–Kier alpha value is -2.36. The molecule has 0 unspecified atom stereocenters. The molecule has 0 bridgehead atoms. The normalized spacial score (nSPS) is 10.1. The maximum Gasteiger partial charge on any atom is 0.335 e. The molecule has 18 heavy (non-hydrogen) atoms. The van der Waals surface area contributed by atoms with E-state index in [9.17, 15) is 9.18 Å². The molecule has 2 aromatic rings. The molecule has 2 N–H and O–H groups in total. The van der Waals surface area contributed by atoms with Crippen LogP contribution in [0.3, 0.4) is 0 Å². The van der Waals surface area contributed by atoms with E-state index < -0.39 is 5.97 Å². The fourth-order valence-electron chi connectivity index (χ4n) is 1.62. The summed E-state index contributed by atoms with van der Waals surface area (Å²) in [5, 5.41) is 11.9. The summed E-state index contributed by atoms with van der Waals surface area (Å²) in [6.45, 7) is 1.80. The Morgan fingerprint density at radius 3 is 2.39 bits per heavy atom. The molecule has 0 fully saturated rings. The first kappa shape index (κ1) is 12.1. The lowest BCUT2D eigenvalue weighted by molar-refractivity contribution is 0.0697. The summed E-state index contributed by atoms with van der Waals surface area (Å²) in [5.41, 5.74) is 2.57. The second kappa shape index (κ2) is 4.87. The van der Waals surface area contributed by atoms with Crippen molar-refractivity contribution in [3.63, 3.8) is 0 Å².